The molecule has 6 nitrogen and oxygen atoms in total. The van der Waals surface area contributed by atoms with Crippen LogP contribution in [0.15, 0.2) is 48.7 Å². The third-order valence-electron chi connectivity index (χ3n) is 7.45. The van der Waals surface area contributed by atoms with Gasteiger partial charge in [-0.3, -0.25) is 5.41 Å². The minimum absolute atomic E-state index is 0.160. The average molecular weight is 592 g/mol. The number of thiophene rings is 1. The fraction of sp³-hybridized carbons (Fsp3) is 0.333. The first-order chi connectivity index (χ1) is 20.4. The first kappa shape index (κ1) is 32.5. The Bertz CT molecular complexity index is 1510. The molecule has 0 unspecified atom stereocenters. The topological polar surface area (TPSA) is 101 Å². The van der Waals surface area contributed by atoms with Gasteiger partial charge in [0.2, 0.25) is 0 Å². The number of halogens is 2. The lowest BCUT2D eigenvalue weighted by molar-refractivity contribution is 0.234. The molecule has 222 valence electrons. The molecule has 1 aliphatic carbocycles. The molecular weight excluding hydrogens is 552 g/mol. The van der Waals surface area contributed by atoms with E-state index in [2.05, 4.69) is 34.5 Å². The third-order valence-corrected chi connectivity index (χ3v) is 8.70. The normalized spacial score (nSPS) is 13.0. The number of nitrogen functional groups attached to an aromatic ring is 1. The quantitative estimate of drug-likeness (QED) is 0.118. The zero-order valence-corrected chi connectivity index (χ0v) is 25.2. The van der Waals surface area contributed by atoms with Crippen LogP contribution in [0.4, 0.5) is 14.6 Å². The van der Waals surface area contributed by atoms with Crippen LogP contribution >= 0.6 is 11.3 Å². The SMILES string of the molecule is C#C.CCc1c(C(=N)N(Cc2cc(-c3ccc(N)nc3)ccc2OC)C2CCCCC2)sc2c(F)ccc(F)c12.CN. The summed E-state index contributed by atoms with van der Waals surface area (Å²) < 4.78 is 35.6. The number of anilines is 1. The van der Waals surface area contributed by atoms with Crippen molar-refractivity contribution >= 4 is 33.1 Å². The van der Waals surface area contributed by atoms with Crippen molar-refractivity contribution in [1.82, 2.24) is 9.88 Å². The minimum Gasteiger partial charge on any atom is -0.496 e. The molecule has 1 aliphatic rings. The maximum Gasteiger partial charge on any atom is 0.141 e. The number of hydrogen-bond donors (Lipinski definition) is 3. The Kier molecular flexibility index (Phi) is 11.8. The van der Waals surface area contributed by atoms with Gasteiger partial charge in [-0.2, -0.15) is 0 Å². The number of fused-ring (bicyclic) bond motifs is 1. The second-order valence-electron chi connectivity index (χ2n) is 9.76. The zero-order chi connectivity index (χ0) is 30.8. The summed E-state index contributed by atoms with van der Waals surface area (Å²) in [5, 5.41) is 9.69. The number of methoxy groups -OCH3 is 1. The zero-order valence-electron chi connectivity index (χ0n) is 24.4. The van der Waals surface area contributed by atoms with Crippen LogP contribution in [0.2, 0.25) is 0 Å². The van der Waals surface area contributed by atoms with E-state index in [0.29, 0.717) is 40.4 Å². The van der Waals surface area contributed by atoms with Crippen molar-refractivity contribution in [3.8, 4) is 29.7 Å². The highest BCUT2D eigenvalue weighted by molar-refractivity contribution is 7.21. The van der Waals surface area contributed by atoms with E-state index in [-0.39, 0.29) is 10.7 Å². The van der Waals surface area contributed by atoms with Gasteiger partial charge in [-0.05, 0) is 73.8 Å². The average Bonchev–Trinajstić information content (AvgIpc) is 3.45. The number of aromatic nitrogens is 1. The number of nitrogens with zero attached hydrogens (tertiary/aromatic N) is 2. The van der Waals surface area contributed by atoms with E-state index in [4.69, 9.17) is 10.5 Å². The van der Waals surface area contributed by atoms with E-state index in [0.717, 1.165) is 48.1 Å². The molecule has 1 saturated carbocycles. The van der Waals surface area contributed by atoms with Crippen LogP contribution in [0.1, 0.15) is 55.0 Å². The molecule has 4 aromatic rings. The molecule has 0 radical (unpaired) electrons. The first-order valence-corrected chi connectivity index (χ1v) is 14.8. The van der Waals surface area contributed by atoms with Gasteiger partial charge in [-0.25, -0.2) is 13.8 Å². The van der Waals surface area contributed by atoms with Crippen molar-refractivity contribution in [1.29, 1.82) is 5.41 Å². The van der Waals surface area contributed by atoms with Gasteiger partial charge in [0.25, 0.3) is 0 Å². The lowest BCUT2D eigenvalue weighted by Crippen LogP contribution is -2.41. The van der Waals surface area contributed by atoms with Gasteiger partial charge in [-0.15, -0.1) is 24.2 Å². The summed E-state index contributed by atoms with van der Waals surface area (Å²) >= 11 is 1.18. The van der Waals surface area contributed by atoms with Crippen LogP contribution < -0.4 is 16.2 Å². The summed E-state index contributed by atoms with van der Waals surface area (Å²) in [6.07, 6.45) is 15.6. The molecule has 2 aromatic heterocycles. The number of pyridine rings is 1. The van der Waals surface area contributed by atoms with Crippen LogP contribution in [0.25, 0.3) is 21.2 Å². The Labute approximate surface area is 251 Å². The van der Waals surface area contributed by atoms with Crippen molar-refractivity contribution in [3.05, 3.63) is 76.3 Å². The smallest absolute Gasteiger partial charge is 0.141 e. The van der Waals surface area contributed by atoms with Gasteiger partial charge in [-0.1, -0.05) is 32.3 Å². The first-order valence-electron chi connectivity index (χ1n) is 14.0. The van der Waals surface area contributed by atoms with E-state index in [1.54, 1.807) is 19.4 Å². The number of amidine groups is 1. The van der Waals surface area contributed by atoms with Gasteiger partial charge in [0.05, 0.1) is 16.7 Å². The Hall–Kier alpha value is -4.00. The van der Waals surface area contributed by atoms with Crippen molar-refractivity contribution in [3.63, 3.8) is 0 Å². The summed E-state index contributed by atoms with van der Waals surface area (Å²) in [7, 11) is 3.15. The predicted octanol–water partition coefficient (Wildman–Crippen LogP) is 7.38. The maximum atomic E-state index is 14.8. The van der Waals surface area contributed by atoms with Gasteiger partial charge < -0.3 is 21.1 Å². The van der Waals surface area contributed by atoms with Crippen LogP contribution in [0, 0.1) is 29.9 Å². The van der Waals surface area contributed by atoms with Crippen LogP contribution in [-0.4, -0.2) is 35.9 Å². The molecule has 0 spiro atoms. The van der Waals surface area contributed by atoms with Crippen molar-refractivity contribution < 1.29 is 13.5 Å². The fourth-order valence-corrected chi connectivity index (χ4v) is 6.75. The second kappa shape index (κ2) is 15.3. The Morgan fingerprint density at radius 1 is 1.05 bits per heavy atom. The number of ether oxygens (including phenoxy) is 1. The lowest BCUT2D eigenvalue weighted by Gasteiger charge is -2.36. The highest BCUT2D eigenvalue weighted by Crippen LogP contribution is 2.38. The van der Waals surface area contributed by atoms with E-state index < -0.39 is 11.6 Å². The standard InChI is InChI=1S/C30H32F2N4OS.C2H2.CH5N/c1-3-22-27-23(31)11-12-24(32)29(27)38-28(22)30(34)36(21-7-5-4-6-8-21)17-20-15-18(9-13-25(20)37-2)19-10-14-26(33)35-16-19;2*1-2/h9-16,21,34H,3-8,17H2,1-2H3,(H2,33,35);1-2H;2H2,1H3. The fourth-order valence-electron chi connectivity index (χ4n) is 5.48. The third kappa shape index (κ3) is 6.89. The Morgan fingerprint density at radius 2 is 1.71 bits per heavy atom. The maximum absolute atomic E-state index is 14.8. The van der Waals surface area contributed by atoms with E-state index in [1.807, 2.05) is 25.1 Å². The predicted molar refractivity (Wildman–Crippen MR) is 171 cm³/mol. The number of hydrogen-bond acceptors (Lipinski definition) is 6. The molecule has 0 aliphatic heterocycles. The Balaban J connectivity index is 0.00000116. The summed E-state index contributed by atoms with van der Waals surface area (Å²) in [4.78, 5) is 6.97. The monoisotopic (exact) mass is 591 g/mol. The molecule has 5 rings (SSSR count). The molecule has 2 aromatic carbocycles. The van der Waals surface area contributed by atoms with Crippen molar-refractivity contribution in [2.24, 2.45) is 5.73 Å². The number of nitrogens with one attached hydrogen (secondary N) is 1. The summed E-state index contributed by atoms with van der Waals surface area (Å²) in [5.74, 6) is 0.618. The van der Waals surface area contributed by atoms with Crippen LogP contribution in [-0.2, 0) is 13.0 Å². The van der Waals surface area contributed by atoms with Crippen molar-refractivity contribution in [2.45, 2.75) is 58.0 Å². The Morgan fingerprint density at radius 3 is 2.33 bits per heavy atom. The summed E-state index contributed by atoms with van der Waals surface area (Å²) in [5.41, 5.74) is 13.8. The number of aryl methyl sites for hydroxylation is 1. The molecule has 0 atom stereocenters. The van der Waals surface area contributed by atoms with Gasteiger partial charge in [0.15, 0.2) is 0 Å². The number of nitrogens with two attached hydrogens (primary N) is 2. The summed E-state index contributed by atoms with van der Waals surface area (Å²) in [6.45, 7) is 2.38. The van der Waals surface area contributed by atoms with Crippen LogP contribution in [0.5, 0.6) is 5.75 Å². The molecule has 0 amide bonds. The highest BCUT2D eigenvalue weighted by Gasteiger charge is 2.29. The molecule has 1 fully saturated rings. The van der Waals surface area contributed by atoms with Gasteiger partial charge >= 0.3 is 0 Å². The molecule has 2 heterocycles. The molecule has 0 saturated heterocycles. The van der Waals surface area contributed by atoms with Gasteiger partial charge in [0, 0.05) is 35.3 Å². The van der Waals surface area contributed by atoms with Crippen LogP contribution in [0.3, 0.4) is 0 Å². The molecule has 0 bridgehead atoms. The molecule has 9 heteroatoms. The lowest BCUT2D eigenvalue weighted by atomic mass is 9.93. The van der Waals surface area contributed by atoms with Gasteiger partial charge in [0.1, 0.15) is 29.0 Å². The number of terminal acetylenes is 1. The highest BCUT2D eigenvalue weighted by atomic mass is 32.1. The van der Waals surface area contributed by atoms with Crippen molar-refractivity contribution in [2.75, 3.05) is 19.9 Å². The summed E-state index contributed by atoms with van der Waals surface area (Å²) in [6, 6.07) is 12.2. The number of rotatable bonds is 7. The minimum atomic E-state index is -0.448. The van der Waals surface area contributed by atoms with E-state index in [9.17, 15) is 14.2 Å². The van der Waals surface area contributed by atoms with E-state index >= 15 is 0 Å². The number of benzene rings is 2. The molecule has 42 heavy (non-hydrogen) atoms. The molecule has 5 N–H and O–H groups in total. The van der Waals surface area contributed by atoms with E-state index in [1.165, 1.54) is 36.9 Å². The molecular formula is C33H39F2N5OS. The largest absolute Gasteiger partial charge is 0.496 e. The second-order valence-corrected chi connectivity index (χ2v) is 10.8.